The summed E-state index contributed by atoms with van der Waals surface area (Å²) in [6.07, 6.45) is 3.60. The molecule has 0 saturated heterocycles. The first kappa shape index (κ1) is 16.8. The largest absolute Gasteiger partial charge is 0.481 e. The Morgan fingerprint density at radius 2 is 2.04 bits per heavy atom. The van der Waals surface area contributed by atoms with Gasteiger partial charge in [-0.1, -0.05) is 30.3 Å². The van der Waals surface area contributed by atoms with Crippen LogP contribution in [0.5, 0.6) is 0 Å². The number of fused-ring (bicyclic) bond motifs is 2. The molecule has 134 valence electrons. The summed E-state index contributed by atoms with van der Waals surface area (Å²) >= 11 is 0. The SMILES string of the molecule is O=C(O)Cc1ccc(NC(=O)C2CC23CCCc2ccccc23)cc1F. The van der Waals surface area contributed by atoms with E-state index in [0.29, 0.717) is 5.69 Å². The van der Waals surface area contributed by atoms with Crippen molar-refractivity contribution in [2.24, 2.45) is 5.92 Å². The zero-order valence-electron chi connectivity index (χ0n) is 14.3. The van der Waals surface area contributed by atoms with E-state index in [1.54, 1.807) is 6.07 Å². The topological polar surface area (TPSA) is 66.4 Å². The number of carboxylic acids is 1. The van der Waals surface area contributed by atoms with Crippen LogP contribution in [0, 0.1) is 11.7 Å². The van der Waals surface area contributed by atoms with E-state index in [-0.39, 0.29) is 29.2 Å². The molecule has 0 aromatic heterocycles. The van der Waals surface area contributed by atoms with Crippen LogP contribution < -0.4 is 5.32 Å². The first-order valence-corrected chi connectivity index (χ1v) is 8.89. The van der Waals surface area contributed by atoms with Crippen LogP contribution in [0.2, 0.25) is 0 Å². The number of aliphatic carboxylic acids is 1. The summed E-state index contributed by atoms with van der Waals surface area (Å²) in [4.78, 5) is 23.4. The first-order chi connectivity index (χ1) is 12.5. The van der Waals surface area contributed by atoms with Gasteiger partial charge in [-0.3, -0.25) is 9.59 Å². The predicted molar refractivity (Wildman–Crippen MR) is 95.5 cm³/mol. The summed E-state index contributed by atoms with van der Waals surface area (Å²) in [6, 6.07) is 12.5. The van der Waals surface area contributed by atoms with Gasteiger partial charge in [0, 0.05) is 17.0 Å². The molecule has 1 spiro atoms. The van der Waals surface area contributed by atoms with Crippen molar-refractivity contribution in [1.29, 1.82) is 0 Å². The van der Waals surface area contributed by atoms with E-state index in [9.17, 15) is 14.0 Å². The average Bonchev–Trinajstić information content (AvgIpc) is 3.32. The lowest BCUT2D eigenvalue weighted by atomic mass is 9.78. The lowest BCUT2D eigenvalue weighted by Gasteiger charge is -2.26. The number of benzene rings is 2. The molecule has 0 heterocycles. The van der Waals surface area contributed by atoms with Crippen molar-refractivity contribution in [2.75, 3.05) is 5.32 Å². The van der Waals surface area contributed by atoms with Gasteiger partial charge in [-0.2, -0.15) is 0 Å². The maximum atomic E-state index is 14.0. The van der Waals surface area contributed by atoms with Crippen molar-refractivity contribution in [1.82, 2.24) is 0 Å². The number of aryl methyl sites for hydroxylation is 1. The summed E-state index contributed by atoms with van der Waals surface area (Å²) in [5.41, 5.74) is 3.03. The molecule has 4 rings (SSSR count). The summed E-state index contributed by atoms with van der Waals surface area (Å²) in [6.45, 7) is 0. The fraction of sp³-hybridized carbons (Fsp3) is 0.333. The molecule has 2 aromatic rings. The molecule has 2 aliphatic carbocycles. The molecule has 0 aliphatic heterocycles. The van der Waals surface area contributed by atoms with Gasteiger partial charge >= 0.3 is 5.97 Å². The fourth-order valence-electron chi connectivity index (χ4n) is 4.34. The van der Waals surface area contributed by atoms with E-state index in [4.69, 9.17) is 5.11 Å². The number of halogens is 1. The number of nitrogens with one attached hydrogen (secondary N) is 1. The van der Waals surface area contributed by atoms with Crippen LogP contribution in [0.25, 0.3) is 0 Å². The molecule has 0 radical (unpaired) electrons. The van der Waals surface area contributed by atoms with E-state index in [0.717, 1.165) is 25.7 Å². The standard InChI is InChI=1S/C21H20FNO3/c22-18-11-15(8-7-14(18)10-19(24)25)23-20(26)17-12-21(17)9-3-5-13-4-1-2-6-16(13)21/h1-2,4,6-8,11,17H,3,5,9-10,12H2,(H,23,26)(H,24,25). The number of carbonyl (C=O) groups excluding carboxylic acids is 1. The minimum absolute atomic E-state index is 0.0687. The lowest BCUT2D eigenvalue weighted by molar-refractivity contribution is -0.136. The summed E-state index contributed by atoms with van der Waals surface area (Å²) in [5, 5.41) is 11.6. The van der Waals surface area contributed by atoms with Crippen molar-refractivity contribution < 1.29 is 19.1 Å². The third kappa shape index (κ3) is 2.87. The Labute approximate surface area is 151 Å². The maximum absolute atomic E-state index is 14.0. The van der Waals surface area contributed by atoms with Crippen molar-refractivity contribution >= 4 is 17.6 Å². The van der Waals surface area contributed by atoms with Crippen LogP contribution in [0.4, 0.5) is 10.1 Å². The van der Waals surface area contributed by atoms with Gasteiger partial charge in [0.25, 0.3) is 0 Å². The zero-order chi connectivity index (χ0) is 18.3. The Kier molecular flexibility index (Phi) is 4.02. The second-order valence-electron chi connectivity index (χ2n) is 7.29. The van der Waals surface area contributed by atoms with E-state index in [1.165, 1.54) is 23.3 Å². The monoisotopic (exact) mass is 353 g/mol. The van der Waals surface area contributed by atoms with Gasteiger partial charge < -0.3 is 10.4 Å². The highest BCUT2D eigenvalue weighted by molar-refractivity contribution is 5.96. The summed E-state index contributed by atoms with van der Waals surface area (Å²) in [5.74, 6) is -1.88. The third-order valence-electron chi connectivity index (χ3n) is 5.68. The fourth-order valence-corrected chi connectivity index (χ4v) is 4.34. The molecule has 2 atom stereocenters. The van der Waals surface area contributed by atoms with Gasteiger partial charge in [0.05, 0.1) is 6.42 Å². The Balaban J connectivity index is 1.49. The zero-order valence-corrected chi connectivity index (χ0v) is 14.3. The van der Waals surface area contributed by atoms with Gasteiger partial charge in [-0.25, -0.2) is 4.39 Å². The number of hydrogen-bond acceptors (Lipinski definition) is 2. The number of carboxylic acid groups (broad SMARTS) is 1. The Hall–Kier alpha value is -2.69. The molecular weight excluding hydrogens is 333 g/mol. The van der Waals surface area contributed by atoms with Crippen LogP contribution in [0.3, 0.4) is 0 Å². The highest BCUT2D eigenvalue weighted by Gasteiger charge is 2.60. The Morgan fingerprint density at radius 1 is 1.23 bits per heavy atom. The van der Waals surface area contributed by atoms with Crippen LogP contribution in [0.15, 0.2) is 42.5 Å². The van der Waals surface area contributed by atoms with Crippen LogP contribution in [-0.4, -0.2) is 17.0 Å². The van der Waals surface area contributed by atoms with Gasteiger partial charge in [0.1, 0.15) is 5.82 Å². The van der Waals surface area contributed by atoms with Crippen LogP contribution >= 0.6 is 0 Å². The second kappa shape index (κ2) is 6.24. The summed E-state index contributed by atoms with van der Waals surface area (Å²) in [7, 11) is 0. The highest BCUT2D eigenvalue weighted by Crippen LogP contribution is 2.60. The predicted octanol–water partition coefficient (Wildman–Crippen LogP) is 3.69. The number of amides is 1. The number of hydrogen-bond donors (Lipinski definition) is 2. The Bertz CT molecular complexity index is 895. The minimum Gasteiger partial charge on any atom is -0.481 e. The molecule has 4 nitrogen and oxygen atoms in total. The minimum atomic E-state index is -1.09. The molecule has 2 N–H and O–H groups in total. The molecular formula is C21H20FNO3. The lowest BCUT2D eigenvalue weighted by Crippen LogP contribution is -2.24. The van der Waals surface area contributed by atoms with Gasteiger partial charge in [0.15, 0.2) is 0 Å². The smallest absolute Gasteiger partial charge is 0.307 e. The third-order valence-corrected chi connectivity index (χ3v) is 5.68. The normalized spacial score (nSPS) is 23.3. The highest BCUT2D eigenvalue weighted by atomic mass is 19.1. The first-order valence-electron chi connectivity index (χ1n) is 8.89. The molecule has 1 amide bonds. The van der Waals surface area contributed by atoms with E-state index in [1.807, 2.05) is 12.1 Å². The molecule has 2 aromatic carbocycles. The summed E-state index contributed by atoms with van der Waals surface area (Å²) < 4.78 is 14.0. The number of carbonyl (C=O) groups is 2. The van der Waals surface area contributed by atoms with Crippen molar-refractivity contribution in [3.8, 4) is 0 Å². The Morgan fingerprint density at radius 3 is 2.81 bits per heavy atom. The van der Waals surface area contributed by atoms with Gasteiger partial charge in [0.2, 0.25) is 5.91 Å². The quantitative estimate of drug-likeness (QED) is 0.881. The van der Waals surface area contributed by atoms with E-state index >= 15 is 0 Å². The average molecular weight is 353 g/mol. The van der Waals surface area contributed by atoms with E-state index < -0.39 is 11.8 Å². The molecule has 2 unspecified atom stereocenters. The van der Waals surface area contributed by atoms with Crippen LogP contribution in [0.1, 0.15) is 36.0 Å². The molecule has 1 saturated carbocycles. The molecule has 5 heteroatoms. The van der Waals surface area contributed by atoms with Crippen molar-refractivity contribution in [3.05, 3.63) is 65.0 Å². The molecule has 26 heavy (non-hydrogen) atoms. The van der Waals surface area contributed by atoms with Crippen molar-refractivity contribution in [3.63, 3.8) is 0 Å². The van der Waals surface area contributed by atoms with Gasteiger partial charge in [-0.15, -0.1) is 0 Å². The number of rotatable bonds is 4. The molecule has 2 aliphatic rings. The van der Waals surface area contributed by atoms with Crippen molar-refractivity contribution in [2.45, 2.75) is 37.5 Å². The number of anilines is 1. The maximum Gasteiger partial charge on any atom is 0.307 e. The van der Waals surface area contributed by atoms with Gasteiger partial charge in [-0.05, 0) is 54.5 Å². The van der Waals surface area contributed by atoms with Crippen LogP contribution in [-0.2, 0) is 27.8 Å². The molecule has 1 fully saturated rings. The second-order valence-corrected chi connectivity index (χ2v) is 7.29. The van der Waals surface area contributed by atoms with E-state index in [2.05, 4.69) is 17.4 Å². The molecule has 0 bridgehead atoms.